The van der Waals surface area contributed by atoms with Crippen LogP contribution in [0.15, 0.2) is 41.5 Å². The van der Waals surface area contributed by atoms with Crippen molar-refractivity contribution in [3.8, 4) is 11.8 Å². The van der Waals surface area contributed by atoms with Crippen LogP contribution < -0.4 is 0 Å². The number of pyridine rings is 1. The number of hydrogen-bond acceptors (Lipinski definition) is 3. The molecule has 0 aliphatic carbocycles. The molecule has 0 radical (unpaired) electrons. The third-order valence-corrected chi connectivity index (χ3v) is 2.91. The number of thiocarbonyl (C=S) groups is 1. The van der Waals surface area contributed by atoms with Crippen LogP contribution in [-0.2, 0) is 6.42 Å². The minimum absolute atomic E-state index is 0.0935. The molecular formula is C17H13FN2S. The molecule has 0 bridgehead atoms. The van der Waals surface area contributed by atoms with Crippen molar-refractivity contribution < 1.29 is 4.39 Å². The van der Waals surface area contributed by atoms with Crippen LogP contribution in [0.1, 0.15) is 30.2 Å². The predicted octanol–water partition coefficient (Wildman–Crippen LogP) is 4.31. The van der Waals surface area contributed by atoms with Crippen LogP contribution in [-0.4, -0.2) is 10.1 Å². The van der Waals surface area contributed by atoms with E-state index < -0.39 is 5.82 Å². The van der Waals surface area contributed by atoms with Gasteiger partial charge in [0.25, 0.3) is 0 Å². The van der Waals surface area contributed by atoms with Crippen molar-refractivity contribution in [1.29, 1.82) is 0 Å². The minimum Gasteiger partial charge on any atom is -0.242 e. The topological polar surface area (TPSA) is 25.2 Å². The molecule has 0 atom stereocenters. The maximum atomic E-state index is 13.8. The summed E-state index contributed by atoms with van der Waals surface area (Å²) in [6.07, 6.45) is 3.57. The van der Waals surface area contributed by atoms with Gasteiger partial charge in [-0.1, -0.05) is 31.4 Å². The SMILES string of the molecule is CCCc1ccc(C#Cc2ncc(N=C=S)cc2F)cc1. The van der Waals surface area contributed by atoms with Gasteiger partial charge in [-0.15, -0.1) is 0 Å². The van der Waals surface area contributed by atoms with Gasteiger partial charge in [0.2, 0.25) is 0 Å². The molecule has 0 N–H and O–H groups in total. The van der Waals surface area contributed by atoms with E-state index in [4.69, 9.17) is 0 Å². The Morgan fingerprint density at radius 3 is 2.62 bits per heavy atom. The van der Waals surface area contributed by atoms with Crippen molar-refractivity contribution in [1.82, 2.24) is 4.98 Å². The first-order valence-electron chi connectivity index (χ1n) is 6.57. The number of isothiocyanates is 1. The van der Waals surface area contributed by atoms with Crippen molar-refractivity contribution in [2.75, 3.05) is 0 Å². The molecule has 104 valence electrons. The summed E-state index contributed by atoms with van der Waals surface area (Å²) in [5.41, 5.74) is 2.53. The lowest BCUT2D eigenvalue weighted by Crippen LogP contribution is -1.88. The molecule has 0 aliphatic heterocycles. The van der Waals surface area contributed by atoms with Crippen LogP contribution in [0.2, 0.25) is 0 Å². The number of benzene rings is 1. The Labute approximate surface area is 128 Å². The fraction of sp³-hybridized carbons (Fsp3) is 0.176. The van der Waals surface area contributed by atoms with Crippen LogP contribution >= 0.6 is 12.2 Å². The number of halogens is 1. The highest BCUT2D eigenvalue weighted by atomic mass is 32.1. The quantitative estimate of drug-likeness (QED) is 0.479. The lowest BCUT2D eigenvalue weighted by molar-refractivity contribution is 0.617. The Kier molecular flexibility index (Phi) is 5.34. The first-order valence-corrected chi connectivity index (χ1v) is 6.98. The average Bonchev–Trinajstić information content (AvgIpc) is 2.49. The van der Waals surface area contributed by atoms with E-state index in [1.54, 1.807) is 0 Å². The van der Waals surface area contributed by atoms with Crippen LogP contribution in [0.5, 0.6) is 0 Å². The zero-order chi connectivity index (χ0) is 15.1. The molecule has 1 heterocycles. The van der Waals surface area contributed by atoms with Gasteiger partial charge in [0.15, 0.2) is 5.82 Å². The van der Waals surface area contributed by atoms with E-state index in [9.17, 15) is 4.39 Å². The van der Waals surface area contributed by atoms with Gasteiger partial charge in [-0.05, 0) is 42.3 Å². The number of nitrogens with zero attached hydrogens (tertiary/aromatic N) is 2. The summed E-state index contributed by atoms with van der Waals surface area (Å²) < 4.78 is 13.8. The Morgan fingerprint density at radius 2 is 2.00 bits per heavy atom. The zero-order valence-electron chi connectivity index (χ0n) is 11.6. The molecule has 2 nitrogen and oxygen atoms in total. The summed E-state index contributed by atoms with van der Waals surface area (Å²) in [6, 6.07) is 9.17. The molecule has 0 spiro atoms. The van der Waals surface area contributed by atoms with Gasteiger partial charge in [0.05, 0.1) is 17.0 Å². The molecule has 0 amide bonds. The number of aliphatic imine (C=N–C) groups is 1. The summed E-state index contributed by atoms with van der Waals surface area (Å²) in [5.74, 6) is 5.11. The number of aryl methyl sites for hydroxylation is 1. The average molecular weight is 296 g/mol. The van der Waals surface area contributed by atoms with Crippen LogP contribution in [0, 0.1) is 17.7 Å². The van der Waals surface area contributed by atoms with Gasteiger partial charge < -0.3 is 0 Å². The Balaban J connectivity index is 2.20. The van der Waals surface area contributed by atoms with Crippen LogP contribution in [0.3, 0.4) is 0 Å². The van der Waals surface area contributed by atoms with E-state index in [0.717, 1.165) is 18.4 Å². The highest BCUT2D eigenvalue weighted by Gasteiger charge is 2.01. The molecule has 0 fully saturated rings. The molecule has 1 aromatic heterocycles. The van der Waals surface area contributed by atoms with Crippen molar-refractivity contribution in [2.45, 2.75) is 19.8 Å². The third-order valence-electron chi connectivity index (χ3n) is 2.82. The Morgan fingerprint density at radius 1 is 1.24 bits per heavy atom. The molecule has 1 aromatic carbocycles. The molecular weight excluding hydrogens is 283 g/mol. The van der Waals surface area contributed by atoms with E-state index in [2.05, 4.69) is 46.1 Å². The van der Waals surface area contributed by atoms with Gasteiger partial charge in [-0.2, -0.15) is 4.99 Å². The van der Waals surface area contributed by atoms with Crippen molar-refractivity contribution in [3.05, 3.63) is 59.2 Å². The summed E-state index contributed by atoms with van der Waals surface area (Å²) in [6.45, 7) is 2.14. The fourth-order valence-corrected chi connectivity index (χ4v) is 1.91. The largest absolute Gasteiger partial charge is 0.242 e. The highest BCUT2D eigenvalue weighted by molar-refractivity contribution is 7.78. The van der Waals surface area contributed by atoms with E-state index >= 15 is 0 Å². The third kappa shape index (κ3) is 4.32. The van der Waals surface area contributed by atoms with Crippen LogP contribution in [0.25, 0.3) is 0 Å². The van der Waals surface area contributed by atoms with E-state index in [-0.39, 0.29) is 5.69 Å². The van der Waals surface area contributed by atoms with E-state index in [1.807, 2.05) is 24.3 Å². The van der Waals surface area contributed by atoms with Crippen molar-refractivity contribution in [2.24, 2.45) is 4.99 Å². The van der Waals surface area contributed by atoms with E-state index in [0.29, 0.717) is 5.69 Å². The first kappa shape index (κ1) is 15.1. The highest BCUT2D eigenvalue weighted by Crippen LogP contribution is 2.13. The fourth-order valence-electron chi connectivity index (χ4n) is 1.81. The summed E-state index contributed by atoms with van der Waals surface area (Å²) in [5, 5.41) is 2.17. The second kappa shape index (κ2) is 7.44. The lowest BCUT2D eigenvalue weighted by atomic mass is 10.1. The minimum atomic E-state index is -0.517. The summed E-state index contributed by atoms with van der Waals surface area (Å²) in [7, 11) is 0. The first-order chi connectivity index (χ1) is 10.2. The number of hydrogen-bond donors (Lipinski definition) is 0. The molecule has 0 saturated carbocycles. The van der Waals surface area contributed by atoms with Crippen molar-refractivity contribution >= 4 is 23.1 Å². The molecule has 2 aromatic rings. The molecule has 4 heteroatoms. The molecule has 21 heavy (non-hydrogen) atoms. The maximum Gasteiger partial charge on any atom is 0.159 e. The molecule has 0 saturated heterocycles. The Bertz CT molecular complexity index is 736. The summed E-state index contributed by atoms with van der Waals surface area (Å²) in [4.78, 5) is 7.60. The zero-order valence-corrected chi connectivity index (χ0v) is 12.4. The van der Waals surface area contributed by atoms with E-state index in [1.165, 1.54) is 17.8 Å². The van der Waals surface area contributed by atoms with Gasteiger partial charge in [0.1, 0.15) is 5.69 Å². The molecule has 2 rings (SSSR count). The number of aromatic nitrogens is 1. The smallest absolute Gasteiger partial charge is 0.159 e. The molecule has 0 aliphatic rings. The normalized spacial score (nSPS) is 9.43. The number of rotatable bonds is 3. The monoisotopic (exact) mass is 296 g/mol. The van der Waals surface area contributed by atoms with Gasteiger partial charge in [-0.25, -0.2) is 9.37 Å². The van der Waals surface area contributed by atoms with Crippen LogP contribution in [0.4, 0.5) is 10.1 Å². The predicted molar refractivity (Wildman–Crippen MR) is 85.3 cm³/mol. The standard InChI is InChI=1S/C17H13FN2S/c1-2-3-13-4-6-14(7-5-13)8-9-17-16(18)10-15(11-19-17)20-12-21/h4-7,10-11H,2-3H2,1H3. The van der Waals surface area contributed by atoms with Gasteiger partial charge in [0, 0.05) is 11.6 Å². The second-order valence-electron chi connectivity index (χ2n) is 4.42. The van der Waals surface area contributed by atoms with Gasteiger partial charge in [-0.3, -0.25) is 0 Å². The van der Waals surface area contributed by atoms with Crippen molar-refractivity contribution in [3.63, 3.8) is 0 Å². The lowest BCUT2D eigenvalue weighted by Gasteiger charge is -1.98. The second-order valence-corrected chi connectivity index (χ2v) is 4.61. The molecule has 0 unspecified atom stereocenters. The van der Waals surface area contributed by atoms with Gasteiger partial charge >= 0.3 is 0 Å². The maximum absolute atomic E-state index is 13.8. The summed E-state index contributed by atoms with van der Waals surface area (Å²) >= 11 is 4.46. The Hall–Kier alpha value is -2.34.